The number of methoxy groups -OCH3 is 1. The first-order valence-corrected chi connectivity index (χ1v) is 9.92. The van der Waals surface area contributed by atoms with Crippen molar-refractivity contribution in [2.45, 2.75) is 32.7 Å². The summed E-state index contributed by atoms with van der Waals surface area (Å²) in [6.07, 6.45) is 2.36. The van der Waals surface area contributed by atoms with Crippen molar-refractivity contribution in [3.8, 4) is 5.75 Å². The van der Waals surface area contributed by atoms with E-state index in [0.717, 1.165) is 17.7 Å². The maximum Gasteiger partial charge on any atom is 0.265 e. The van der Waals surface area contributed by atoms with Gasteiger partial charge in [0.15, 0.2) is 0 Å². The van der Waals surface area contributed by atoms with Crippen molar-refractivity contribution >= 4 is 40.4 Å². The lowest BCUT2D eigenvalue weighted by Gasteiger charge is -2.28. The number of nitrogens with zero attached hydrogens (tertiary/aromatic N) is 1. The number of rotatable bonds is 6. The number of anilines is 2. The molecule has 1 aromatic heterocycles. The number of amides is 3. The molecule has 0 spiro atoms. The van der Waals surface area contributed by atoms with Gasteiger partial charge in [-0.3, -0.25) is 14.4 Å². The van der Waals surface area contributed by atoms with E-state index in [0.29, 0.717) is 41.5 Å². The van der Waals surface area contributed by atoms with Crippen molar-refractivity contribution in [1.82, 2.24) is 5.32 Å². The van der Waals surface area contributed by atoms with Crippen molar-refractivity contribution in [3.63, 3.8) is 0 Å². The van der Waals surface area contributed by atoms with Crippen LogP contribution >= 0.6 is 11.3 Å². The van der Waals surface area contributed by atoms with Gasteiger partial charge in [-0.25, -0.2) is 0 Å². The molecule has 3 rings (SSSR count). The van der Waals surface area contributed by atoms with Gasteiger partial charge >= 0.3 is 0 Å². The smallest absolute Gasteiger partial charge is 0.265 e. The first-order chi connectivity index (χ1) is 13.5. The lowest BCUT2D eigenvalue weighted by atomic mass is 10.1. The minimum absolute atomic E-state index is 0.0638. The third-order valence-electron chi connectivity index (χ3n) is 4.45. The largest absolute Gasteiger partial charge is 0.495 e. The molecule has 0 unspecified atom stereocenters. The molecule has 1 aliphatic rings. The highest BCUT2D eigenvalue weighted by molar-refractivity contribution is 7.14. The molecule has 2 N–H and O–H groups in total. The zero-order valence-electron chi connectivity index (χ0n) is 15.9. The fraction of sp³-hybridized carbons (Fsp3) is 0.350. The average Bonchev–Trinajstić information content (AvgIpc) is 3.16. The van der Waals surface area contributed by atoms with Gasteiger partial charge in [0.05, 0.1) is 24.2 Å². The molecule has 0 atom stereocenters. The van der Waals surface area contributed by atoms with E-state index in [-0.39, 0.29) is 17.7 Å². The molecule has 3 amide bonds. The van der Waals surface area contributed by atoms with Crippen LogP contribution in [0.15, 0.2) is 30.3 Å². The number of nitrogens with one attached hydrogen (secondary N) is 2. The van der Waals surface area contributed by atoms with Crippen LogP contribution in [0.5, 0.6) is 5.75 Å². The summed E-state index contributed by atoms with van der Waals surface area (Å²) in [5.74, 6) is 0.313. The van der Waals surface area contributed by atoms with Crippen LogP contribution in [0.4, 0.5) is 11.4 Å². The molecule has 1 saturated heterocycles. The normalized spacial score (nSPS) is 13.9. The number of hydrogen-bond donors (Lipinski definition) is 2. The van der Waals surface area contributed by atoms with Gasteiger partial charge in [0, 0.05) is 30.5 Å². The van der Waals surface area contributed by atoms with Crippen molar-refractivity contribution in [1.29, 1.82) is 0 Å². The monoisotopic (exact) mass is 401 g/mol. The molecule has 8 heteroatoms. The van der Waals surface area contributed by atoms with Gasteiger partial charge in [-0.1, -0.05) is 0 Å². The number of ether oxygens (including phenoxy) is 1. The molecule has 7 nitrogen and oxygen atoms in total. The summed E-state index contributed by atoms with van der Waals surface area (Å²) in [6, 6.07) is 8.83. The molecule has 2 aromatic rings. The fourth-order valence-electron chi connectivity index (χ4n) is 3.04. The number of thiophene rings is 1. The van der Waals surface area contributed by atoms with Crippen molar-refractivity contribution in [3.05, 3.63) is 40.1 Å². The Hall–Kier alpha value is -2.87. The molecular weight excluding hydrogens is 378 g/mol. The molecular formula is C20H23N3O4S. The number of piperidine rings is 1. The second-order valence-electron chi connectivity index (χ2n) is 6.52. The van der Waals surface area contributed by atoms with Crippen LogP contribution in [0.25, 0.3) is 0 Å². The second-order valence-corrected chi connectivity index (χ2v) is 7.69. The quantitative estimate of drug-likeness (QED) is 0.778. The van der Waals surface area contributed by atoms with Crippen molar-refractivity contribution in [2.24, 2.45) is 0 Å². The summed E-state index contributed by atoms with van der Waals surface area (Å²) in [5, 5.41) is 5.59. The second kappa shape index (κ2) is 8.88. The minimum Gasteiger partial charge on any atom is -0.495 e. The Morgan fingerprint density at radius 1 is 1.21 bits per heavy atom. The van der Waals surface area contributed by atoms with E-state index < -0.39 is 0 Å². The molecule has 1 fully saturated rings. The molecule has 0 bridgehead atoms. The van der Waals surface area contributed by atoms with Crippen LogP contribution in [-0.2, 0) is 16.1 Å². The summed E-state index contributed by atoms with van der Waals surface area (Å²) in [7, 11) is 1.56. The average molecular weight is 401 g/mol. The van der Waals surface area contributed by atoms with Crippen LogP contribution in [-0.4, -0.2) is 31.4 Å². The third kappa shape index (κ3) is 4.69. The third-order valence-corrected chi connectivity index (χ3v) is 5.53. The van der Waals surface area contributed by atoms with E-state index >= 15 is 0 Å². The van der Waals surface area contributed by atoms with Crippen LogP contribution in [0.1, 0.15) is 40.7 Å². The number of benzene rings is 1. The first-order valence-electron chi connectivity index (χ1n) is 9.11. The molecule has 28 heavy (non-hydrogen) atoms. The zero-order valence-corrected chi connectivity index (χ0v) is 16.7. The van der Waals surface area contributed by atoms with Gasteiger partial charge in [-0.15, -0.1) is 11.3 Å². The van der Waals surface area contributed by atoms with E-state index in [2.05, 4.69) is 10.6 Å². The highest BCUT2D eigenvalue weighted by Gasteiger charge is 2.23. The Bertz CT molecular complexity index is 893. The molecule has 1 aromatic carbocycles. The molecule has 148 valence electrons. The predicted molar refractivity (Wildman–Crippen MR) is 109 cm³/mol. The highest BCUT2D eigenvalue weighted by Crippen LogP contribution is 2.34. The van der Waals surface area contributed by atoms with Gasteiger partial charge in [0.25, 0.3) is 5.91 Å². The van der Waals surface area contributed by atoms with Crippen LogP contribution in [0.3, 0.4) is 0 Å². The summed E-state index contributed by atoms with van der Waals surface area (Å²) < 4.78 is 5.40. The Balaban J connectivity index is 1.75. The number of carbonyl (C=O) groups is 3. The summed E-state index contributed by atoms with van der Waals surface area (Å²) in [5.41, 5.74) is 1.26. The predicted octanol–water partition coefficient (Wildman–Crippen LogP) is 3.16. The Morgan fingerprint density at radius 3 is 2.75 bits per heavy atom. The summed E-state index contributed by atoms with van der Waals surface area (Å²) in [4.78, 5) is 39.0. The number of carbonyl (C=O) groups excluding carboxylic acids is 3. The van der Waals surface area contributed by atoms with E-state index in [1.54, 1.807) is 36.3 Å². The Labute approximate surface area is 167 Å². The van der Waals surface area contributed by atoms with Gasteiger partial charge in [0.1, 0.15) is 5.75 Å². The van der Waals surface area contributed by atoms with Crippen LogP contribution in [0, 0.1) is 0 Å². The molecule has 0 radical (unpaired) electrons. The minimum atomic E-state index is -0.236. The number of hydrogen-bond acceptors (Lipinski definition) is 5. The van der Waals surface area contributed by atoms with Gasteiger partial charge in [-0.2, -0.15) is 0 Å². The van der Waals surface area contributed by atoms with Crippen molar-refractivity contribution < 1.29 is 19.1 Å². The Morgan fingerprint density at radius 2 is 2.04 bits per heavy atom. The van der Waals surface area contributed by atoms with Crippen molar-refractivity contribution in [2.75, 3.05) is 23.9 Å². The maximum absolute atomic E-state index is 12.6. The van der Waals surface area contributed by atoms with E-state index in [4.69, 9.17) is 4.74 Å². The topological polar surface area (TPSA) is 87.7 Å². The lowest BCUT2D eigenvalue weighted by molar-refractivity contribution is -0.120. The Kier molecular flexibility index (Phi) is 6.30. The lowest BCUT2D eigenvalue weighted by Crippen LogP contribution is -2.35. The highest BCUT2D eigenvalue weighted by atomic mass is 32.1. The summed E-state index contributed by atoms with van der Waals surface area (Å²) in [6.45, 7) is 2.50. The van der Waals surface area contributed by atoms with Gasteiger partial charge < -0.3 is 20.3 Å². The zero-order chi connectivity index (χ0) is 20.1. The summed E-state index contributed by atoms with van der Waals surface area (Å²) >= 11 is 1.33. The van der Waals surface area contributed by atoms with E-state index in [1.807, 2.05) is 6.07 Å². The molecule has 0 saturated carbocycles. The van der Waals surface area contributed by atoms with E-state index in [1.165, 1.54) is 18.3 Å². The van der Waals surface area contributed by atoms with E-state index in [9.17, 15) is 14.4 Å². The molecule has 0 aliphatic carbocycles. The van der Waals surface area contributed by atoms with Gasteiger partial charge in [0.2, 0.25) is 11.8 Å². The fourth-order valence-corrected chi connectivity index (χ4v) is 3.88. The van der Waals surface area contributed by atoms with Gasteiger partial charge in [-0.05, 0) is 43.2 Å². The molecule has 2 heterocycles. The maximum atomic E-state index is 12.6. The van der Waals surface area contributed by atoms with Crippen LogP contribution < -0.4 is 20.3 Å². The first kappa shape index (κ1) is 19.9. The molecule has 1 aliphatic heterocycles. The standard InChI is InChI=1S/C20H23N3O4S/c1-13(24)21-12-15-7-9-18(28-15)20(26)22-14-6-8-17(27-2)16(11-14)23-10-4-3-5-19(23)25/h6-9,11H,3-5,10,12H2,1-2H3,(H,21,24)(H,22,26). The SMILES string of the molecule is COc1ccc(NC(=O)c2ccc(CNC(C)=O)s2)cc1N1CCCCC1=O. The van der Waals surface area contributed by atoms with Crippen LogP contribution in [0.2, 0.25) is 0 Å².